The number of ether oxygens (including phenoxy) is 1. The molecule has 1 aromatic carbocycles. The third-order valence-corrected chi connectivity index (χ3v) is 3.64. The first kappa shape index (κ1) is 14.2. The highest BCUT2D eigenvalue weighted by molar-refractivity contribution is 5.47. The maximum absolute atomic E-state index is 5.69. The summed E-state index contributed by atoms with van der Waals surface area (Å²) in [5, 5.41) is 3.62. The smallest absolute Gasteiger partial charge is 0.119 e. The molecule has 1 fully saturated rings. The van der Waals surface area contributed by atoms with Gasteiger partial charge in [-0.3, -0.25) is 0 Å². The van der Waals surface area contributed by atoms with Crippen LogP contribution in [0.25, 0.3) is 0 Å². The van der Waals surface area contributed by atoms with Crippen molar-refractivity contribution in [2.75, 3.05) is 32.6 Å². The van der Waals surface area contributed by atoms with Crippen LogP contribution in [0.3, 0.4) is 0 Å². The van der Waals surface area contributed by atoms with Gasteiger partial charge in [0.15, 0.2) is 0 Å². The summed E-state index contributed by atoms with van der Waals surface area (Å²) in [4.78, 5) is 2.12. The predicted molar refractivity (Wildman–Crippen MR) is 81.0 cm³/mol. The fourth-order valence-electron chi connectivity index (χ4n) is 2.48. The van der Waals surface area contributed by atoms with Crippen molar-refractivity contribution < 1.29 is 4.74 Å². The van der Waals surface area contributed by atoms with Crippen molar-refractivity contribution in [3.8, 4) is 5.75 Å². The summed E-state index contributed by atoms with van der Waals surface area (Å²) in [5.41, 5.74) is 1.21. The minimum Gasteiger partial charge on any atom is -0.492 e. The lowest BCUT2D eigenvalue weighted by molar-refractivity contribution is 0.261. The zero-order valence-electron chi connectivity index (χ0n) is 12.2. The fraction of sp³-hybridized carbons (Fsp3) is 0.625. The lowest BCUT2D eigenvalue weighted by Crippen LogP contribution is -2.22. The summed E-state index contributed by atoms with van der Waals surface area (Å²) in [6, 6.07) is 9.02. The minimum atomic E-state index is 0.661. The summed E-state index contributed by atoms with van der Waals surface area (Å²) in [7, 11) is 4.11. The molecule has 19 heavy (non-hydrogen) atoms. The number of anilines is 1. The van der Waals surface area contributed by atoms with Gasteiger partial charge in [-0.2, -0.15) is 0 Å². The lowest BCUT2D eigenvalue weighted by atomic mass is 9.95. The van der Waals surface area contributed by atoms with Crippen molar-refractivity contribution in [2.45, 2.75) is 38.1 Å². The molecule has 1 saturated carbocycles. The van der Waals surface area contributed by atoms with Gasteiger partial charge >= 0.3 is 0 Å². The minimum absolute atomic E-state index is 0.661. The molecule has 0 bridgehead atoms. The topological polar surface area (TPSA) is 24.5 Å². The zero-order chi connectivity index (χ0) is 13.5. The van der Waals surface area contributed by atoms with E-state index in [1.54, 1.807) is 0 Å². The van der Waals surface area contributed by atoms with E-state index >= 15 is 0 Å². The van der Waals surface area contributed by atoms with Gasteiger partial charge in [-0.1, -0.05) is 19.3 Å². The van der Waals surface area contributed by atoms with E-state index in [2.05, 4.69) is 48.6 Å². The van der Waals surface area contributed by atoms with Gasteiger partial charge in [0.1, 0.15) is 12.4 Å². The third kappa shape index (κ3) is 5.11. The van der Waals surface area contributed by atoms with Crippen molar-refractivity contribution in [2.24, 2.45) is 0 Å². The van der Waals surface area contributed by atoms with Gasteiger partial charge in [0, 0.05) is 18.3 Å². The van der Waals surface area contributed by atoms with Crippen molar-refractivity contribution in [3.63, 3.8) is 0 Å². The van der Waals surface area contributed by atoms with Crippen LogP contribution in [0.15, 0.2) is 24.3 Å². The highest BCUT2D eigenvalue weighted by Gasteiger charge is 2.12. The normalized spacial score (nSPS) is 16.6. The van der Waals surface area contributed by atoms with Gasteiger partial charge in [0.25, 0.3) is 0 Å². The number of hydrogen-bond acceptors (Lipinski definition) is 3. The van der Waals surface area contributed by atoms with Crippen LogP contribution in [-0.2, 0) is 0 Å². The quantitative estimate of drug-likeness (QED) is 0.850. The van der Waals surface area contributed by atoms with E-state index in [0.717, 1.165) is 18.9 Å². The van der Waals surface area contributed by atoms with E-state index in [9.17, 15) is 0 Å². The van der Waals surface area contributed by atoms with E-state index in [1.165, 1.54) is 37.8 Å². The van der Waals surface area contributed by atoms with Crippen molar-refractivity contribution >= 4 is 5.69 Å². The first-order chi connectivity index (χ1) is 9.24. The van der Waals surface area contributed by atoms with Gasteiger partial charge in [0.2, 0.25) is 0 Å². The van der Waals surface area contributed by atoms with Crippen molar-refractivity contribution in [3.05, 3.63) is 24.3 Å². The standard InChI is InChI=1S/C16H26N2O/c1-18(2)12-13-19-16-10-8-15(9-11-16)17-14-6-4-3-5-7-14/h8-11,14,17H,3-7,12-13H2,1-2H3. The second-order valence-corrected chi connectivity index (χ2v) is 5.66. The molecule has 1 aliphatic carbocycles. The van der Waals surface area contributed by atoms with Crippen LogP contribution in [0.5, 0.6) is 5.75 Å². The number of hydrogen-bond donors (Lipinski definition) is 1. The number of benzene rings is 1. The van der Waals surface area contributed by atoms with Crippen LogP contribution >= 0.6 is 0 Å². The van der Waals surface area contributed by atoms with E-state index in [0.29, 0.717) is 6.04 Å². The first-order valence-electron chi connectivity index (χ1n) is 7.38. The molecule has 0 heterocycles. The molecule has 0 atom stereocenters. The van der Waals surface area contributed by atoms with Crippen molar-refractivity contribution in [1.82, 2.24) is 4.90 Å². The second kappa shape index (κ2) is 7.39. The number of nitrogens with one attached hydrogen (secondary N) is 1. The van der Waals surface area contributed by atoms with Crippen LogP contribution in [0, 0.1) is 0 Å². The predicted octanol–water partition coefficient (Wildman–Crippen LogP) is 3.37. The molecule has 0 unspecified atom stereocenters. The molecule has 0 saturated heterocycles. The van der Waals surface area contributed by atoms with Crippen LogP contribution in [0.2, 0.25) is 0 Å². The molecule has 3 nitrogen and oxygen atoms in total. The third-order valence-electron chi connectivity index (χ3n) is 3.64. The van der Waals surface area contributed by atoms with Gasteiger partial charge in [-0.25, -0.2) is 0 Å². The highest BCUT2D eigenvalue weighted by atomic mass is 16.5. The first-order valence-corrected chi connectivity index (χ1v) is 7.38. The molecule has 1 N–H and O–H groups in total. The molecule has 0 aromatic heterocycles. The summed E-state index contributed by atoms with van der Waals surface area (Å²) in [6.07, 6.45) is 6.74. The van der Waals surface area contributed by atoms with E-state index < -0.39 is 0 Å². The molecule has 106 valence electrons. The summed E-state index contributed by atoms with van der Waals surface area (Å²) in [6.45, 7) is 1.68. The van der Waals surface area contributed by atoms with Crippen molar-refractivity contribution in [1.29, 1.82) is 0 Å². The summed E-state index contributed by atoms with van der Waals surface area (Å²) in [5.74, 6) is 0.955. The summed E-state index contributed by atoms with van der Waals surface area (Å²) < 4.78 is 5.69. The van der Waals surface area contributed by atoms with Gasteiger partial charge in [0.05, 0.1) is 0 Å². The largest absolute Gasteiger partial charge is 0.492 e. The molecule has 1 aliphatic rings. The Morgan fingerprint density at radius 2 is 1.79 bits per heavy atom. The van der Waals surface area contributed by atoms with Gasteiger partial charge < -0.3 is 15.0 Å². The Kier molecular flexibility index (Phi) is 5.52. The van der Waals surface area contributed by atoms with E-state index in [1.807, 2.05) is 0 Å². The SMILES string of the molecule is CN(C)CCOc1ccc(NC2CCCCC2)cc1. The molecular formula is C16H26N2O. The van der Waals surface area contributed by atoms with Gasteiger partial charge in [-0.05, 0) is 51.2 Å². The Labute approximate surface area is 116 Å². The van der Waals surface area contributed by atoms with Crippen LogP contribution < -0.4 is 10.1 Å². The fourth-order valence-corrected chi connectivity index (χ4v) is 2.48. The molecule has 2 rings (SSSR count). The highest BCUT2D eigenvalue weighted by Crippen LogP contribution is 2.23. The molecule has 0 aliphatic heterocycles. The molecule has 1 aromatic rings. The maximum atomic E-state index is 5.69. The summed E-state index contributed by atoms with van der Waals surface area (Å²) >= 11 is 0. The molecule has 0 radical (unpaired) electrons. The van der Waals surface area contributed by atoms with Crippen LogP contribution in [0.1, 0.15) is 32.1 Å². The Balaban J connectivity index is 1.77. The molecule has 3 heteroatoms. The molecule has 0 spiro atoms. The Morgan fingerprint density at radius 1 is 1.11 bits per heavy atom. The Hall–Kier alpha value is -1.22. The van der Waals surface area contributed by atoms with Gasteiger partial charge in [-0.15, -0.1) is 0 Å². The average molecular weight is 262 g/mol. The Bertz CT molecular complexity index is 356. The Morgan fingerprint density at radius 3 is 2.42 bits per heavy atom. The monoisotopic (exact) mass is 262 g/mol. The zero-order valence-corrected chi connectivity index (χ0v) is 12.2. The van der Waals surface area contributed by atoms with E-state index in [-0.39, 0.29) is 0 Å². The molecule has 0 amide bonds. The molecular weight excluding hydrogens is 236 g/mol. The van der Waals surface area contributed by atoms with E-state index in [4.69, 9.17) is 4.74 Å². The maximum Gasteiger partial charge on any atom is 0.119 e. The number of likely N-dealkylation sites (N-methyl/N-ethyl adjacent to an activating group) is 1. The second-order valence-electron chi connectivity index (χ2n) is 5.66. The average Bonchev–Trinajstić information content (AvgIpc) is 2.42. The number of rotatable bonds is 6. The van der Waals surface area contributed by atoms with Crippen LogP contribution in [0.4, 0.5) is 5.69 Å². The number of nitrogens with zero attached hydrogens (tertiary/aromatic N) is 1. The van der Waals surface area contributed by atoms with Crippen LogP contribution in [-0.4, -0.2) is 38.2 Å². The lowest BCUT2D eigenvalue weighted by Gasteiger charge is -2.23.